The van der Waals surface area contributed by atoms with Gasteiger partial charge in [-0.1, -0.05) is 0 Å². The van der Waals surface area contributed by atoms with Crippen LogP contribution in [0.5, 0.6) is 0 Å². The molecule has 2 aliphatic heterocycles. The number of guanidine groups is 1. The van der Waals surface area contributed by atoms with E-state index in [-0.39, 0.29) is 18.0 Å². The number of carbonyl (C=O) groups is 1. The number of hydrogen-bond donors (Lipinski definition) is 3. The number of nitrogens with two attached hydrogens (primary N) is 1. The average Bonchev–Trinajstić information content (AvgIpc) is 3.18. The predicted molar refractivity (Wildman–Crippen MR) is 115 cm³/mol. The van der Waals surface area contributed by atoms with Crippen LogP contribution < -0.4 is 15.4 Å². The topological polar surface area (TPSA) is 112 Å². The Kier molecular flexibility index (Phi) is 4.62. The zero-order chi connectivity index (χ0) is 21.0. The summed E-state index contributed by atoms with van der Waals surface area (Å²) in [6.45, 7) is 2.89. The molecule has 10 heteroatoms. The first-order valence-electron chi connectivity index (χ1n) is 10.1. The van der Waals surface area contributed by atoms with Gasteiger partial charge < -0.3 is 15.7 Å². The zero-order valence-electron chi connectivity index (χ0n) is 16.9. The Morgan fingerprint density at radius 2 is 2.20 bits per heavy atom. The molecule has 0 spiro atoms. The van der Waals surface area contributed by atoms with Gasteiger partial charge in [0.1, 0.15) is 5.72 Å². The number of aromatic nitrogens is 2. The molecule has 5 rings (SSSR count). The fraction of sp³-hybridized carbons (Fsp3) is 0.450. The molecule has 1 saturated carbocycles. The summed E-state index contributed by atoms with van der Waals surface area (Å²) in [5, 5.41) is 14.3. The summed E-state index contributed by atoms with van der Waals surface area (Å²) >= 11 is 1.35. The van der Waals surface area contributed by atoms with Gasteiger partial charge in [0.05, 0.1) is 36.1 Å². The van der Waals surface area contributed by atoms with Gasteiger partial charge in [0.2, 0.25) is 5.96 Å². The molecule has 0 saturated heterocycles. The summed E-state index contributed by atoms with van der Waals surface area (Å²) in [5.41, 5.74) is 7.58. The number of nitrogens with zero attached hydrogens (tertiary/aromatic N) is 5. The van der Waals surface area contributed by atoms with Crippen molar-refractivity contribution in [1.82, 2.24) is 19.4 Å². The van der Waals surface area contributed by atoms with Crippen LogP contribution in [0.15, 0.2) is 40.5 Å². The lowest BCUT2D eigenvalue weighted by Gasteiger charge is -2.38. The van der Waals surface area contributed by atoms with Gasteiger partial charge in [-0.2, -0.15) is 5.10 Å². The van der Waals surface area contributed by atoms with Crippen LogP contribution in [-0.2, 0) is 13.6 Å². The summed E-state index contributed by atoms with van der Waals surface area (Å²) in [6.07, 6.45) is 5.15. The molecule has 1 aliphatic carbocycles. The number of aliphatic imine (C=N–C) groups is 1. The van der Waals surface area contributed by atoms with Gasteiger partial charge in [-0.3, -0.25) is 14.4 Å². The molecule has 0 bridgehead atoms. The Hall–Kier alpha value is -2.40. The predicted octanol–water partition coefficient (Wildman–Crippen LogP) is 1.05. The minimum Gasteiger partial charge on any atom is -0.375 e. The largest absolute Gasteiger partial charge is 0.375 e. The fourth-order valence-electron chi connectivity index (χ4n) is 3.90. The number of rotatable bonds is 6. The SMILES string of the molecule is CC1C(CN)N=C2N(Cc3cnn(C)c3)C(=O)c3cc(SNC4(O)CC4)ccc3N21. The zero-order valence-corrected chi connectivity index (χ0v) is 17.8. The average molecular weight is 428 g/mol. The van der Waals surface area contributed by atoms with E-state index >= 15 is 0 Å². The third-order valence-electron chi connectivity index (χ3n) is 5.83. The molecule has 3 heterocycles. The van der Waals surface area contributed by atoms with Crippen molar-refractivity contribution in [2.75, 3.05) is 11.4 Å². The Bertz CT molecular complexity index is 1030. The summed E-state index contributed by atoms with van der Waals surface area (Å²) < 4.78 is 4.80. The molecule has 9 nitrogen and oxygen atoms in total. The van der Waals surface area contributed by atoms with E-state index in [1.165, 1.54) is 11.9 Å². The van der Waals surface area contributed by atoms with Gasteiger partial charge in [-0.05, 0) is 49.9 Å². The van der Waals surface area contributed by atoms with E-state index < -0.39 is 5.72 Å². The van der Waals surface area contributed by atoms with Crippen LogP contribution in [0.3, 0.4) is 0 Å². The van der Waals surface area contributed by atoms with E-state index in [4.69, 9.17) is 10.7 Å². The molecule has 2 atom stereocenters. The number of anilines is 1. The second kappa shape index (κ2) is 7.09. The highest BCUT2D eigenvalue weighted by Gasteiger charge is 2.44. The minimum absolute atomic E-state index is 0.0528. The number of hydrogen-bond acceptors (Lipinski definition) is 8. The molecule has 2 unspecified atom stereocenters. The molecule has 2 aromatic rings. The van der Waals surface area contributed by atoms with E-state index in [9.17, 15) is 9.90 Å². The lowest BCUT2D eigenvalue weighted by Crippen LogP contribution is -2.52. The van der Waals surface area contributed by atoms with E-state index in [2.05, 4.69) is 21.6 Å². The normalized spacial score (nSPS) is 24.0. The quantitative estimate of drug-likeness (QED) is 0.467. The number of fused-ring (bicyclic) bond motifs is 3. The highest BCUT2D eigenvalue weighted by atomic mass is 32.2. The second-order valence-electron chi connectivity index (χ2n) is 8.17. The van der Waals surface area contributed by atoms with Crippen molar-refractivity contribution in [3.63, 3.8) is 0 Å². The van der Waals surface area contributed by atoms with Crippen molar-refractivity contribution in [3.05, 3.63) is 41.7 Å². The maximum Gasteiger partial charge on any atom is 0.263 e. The van der Waals surface area contributed by atoms with Crippen molar-refractivity contribution < 1.29 is 9.90 Å². The Morgan fingerprint density at radius 3 is 2.87 bits per heavy atom. The molecule has 30 heavy (non-hydrogen) atoms. The van der Waals surface area contributed by atoms with Crippen LogP contribution in [0.1, 0.15) is 35.7 Å². The Labute approximate surface area is 179 Å². The summed E-state index contributed by atoms with van der Waals surface area (Å²) in [7, 11) is 1.85. The monoisotopic (exact) mass is 427 g/mol. The van der Waals surface area contributed by atoms with E-state index in [1.54, 1.807) is 15.8 Å². The van der Waals surface area contributed by atoms with Gasteiger partial charge >= 0.3 is 0 Å². The fourth-order valence-corrected chi connectivity index (χ4v) is 4.72. The van der Waals surface area contributed by atoms with Crippen LogP contribution in [0, 0.1) is 0 Å². The number of aryl methyl sites for hydroxylation is 1. The Balaban J connectivity index is 1.51. The van der Waals surface area contributed by atoms with Gasteiger partial charge in [0.15, 0.2) is 0 Å². The van der Waals surface area contributed by atoms with Crippen LogP contribution >= 0.6 is 11.9 Å². The number of nitrogens with one attached hydrogen (secondary N) is 1. The lowest BCUT2D eigenvalue weighted by molar-refractivity contribution is 0.0832. The molecular weight excluding hydrogens is 402 g/mol. The van der Waals surface area contributed by atoms with Gasteiger partial charge in [-0.25, -0.2) is 9.71 Å². The first-order valence-corrected chi connectivity index (χ1v) is 10.9. The highest BCUT2D eigenvalue weighted by Crippen LogP contribution is 2.39. The van der Waals surface area contributed by atoms with Gasteiger partial charge in [-0.15, -0.1) is 0 Å². The lowest BCUT2D eigenvalue weighted by atomic mass is 10.0. The summed E-state index contributed by atoms with van der Waals surface area (Å²) in [5.74, 6) is 0.548. The molecular formula is C20H25N7O2S. The van der Waals surface area contributed by atoms with Crippen molar-refractivity contribution in [1.29, 1.82) is 0 Å². The van der Waals surface area contributed by atoms with Crippen molar-refractivity contribution in [2.24, 2.45) is 17.8 Å². The maximum atomic E-state index is 13.5. The molecule has 0 radical (unpaired) electrons. The molecule has 158 valence electrons. The maximum absolute atomic E-state index is 13.5. The van der Waals surface area contributed by atoms with Gasteiger partial charge in [0.25, 0.3) is 5.91 Å². The molecule has 4 N–H and O–H groups in total. The number of aliphatic hydroxyl groups is 1. The molecule has 1 aromatic carbocycles. The van der Waals surface area contributed by atoms with Crippen molar-refractivity contribution in [3.8, 4) is 0 Å². The van der Waals surface area contributed by atoms with Crippen molar-refractivity contribution in [2.45, 2.75) is 49.0 Å². The van der Waals surface area contributed by atoms with Crippen LogP contribution in [-0.4, -0.2) is 56.0 Å². The third-order valence-corrected chi connectivity index (χ3v) is 6.80. The van der Waals surface area contributed by atoms with E-state index in [1.807, 2.05) is 31.4 Å². The second-order valence-corrected chi connectivity index (χ2v) is 9.05. The smallest absolute Gasteiger partial charge is 0.263 e. The molecule has 1 aromatic heterocycles. The van der Waals surface area contributed by atoms with Gasteiger partial charge in [0, 0.05) is 30.2 Å². The van der Waals surface area contributed by atoms with E-state index in [0.29, 0.717) is 24.6 Å². The standard InChI is InChI=1S/C20H25N7O2S/c1-12-16(8-21)23-19-26(11-13-9-22-25(2)10-13)18(28)15-7-14(3-4-17(15)27(12)19)30-24-20(29)5-6-20/h3-4,7,9-10,12,16,24,29H,5-6,8,11,21H2,1-2H3. The third kappa shape index (κ3) is 3.29. The minimum atomic E-state index is -0.783. The van der Waals surface area contributed by atoms with E-state index in [0.717, 1.165) is 29.0 Å². The summed E-state index contributed by atoms with van der Waals surface area (Å²) in [4.78, 5) is 23.0. The first-order chi connectivity index (χ1) is 14.4. The Morgan fingerprint density at radius 1 is 1.40 bits per heavy atom. The molecule has 1 fully saturated rings. The van der Waals surface area contributed by atoms with Crippen molar-refractivity contribution >= 4 is 29.5 Å². The first kappa shape index (κ1) is 19.6. The number of carbonyl (C=O) groups excluding carboxylic acids is 1. The number of benzene rings is 1. The molecule has 3 aliphatic rings. The highest BCUT2D eigenvalue weighted by molar-refractivity contribution is 7.97. The van der Waals surface area contributed by atoms with Crippen LogP contribution in [0.4, 0.5) is 5.69 Å². The molecule has 1 amide bonds. The van der Waals surface area contributed by atoms with Crippen LogP contribution in [0.25, 0.3) is 0 Å². The summed E-state index contributed by atoms with van der Waals surface area (Å²) in [6, 6.07) is 5.79. The number of amides is 1. The van der Waals surface area contributed by atoms with Crippen LogP contribution in [0.2, 0.25) is 0 Å².